The monoisotopic (exact) mass is 267 g/mol. The van der Waals surface area contributed by atoms with E-state index in [1.807, 2.05) is 43.7 Å². The number of hydrogen-bond acceptors (Lipinski definition) is 3. The summed E-state index contributed by atoms with van der Waals surface area (Å²) in [6, 6.07) is 1.86. The predicted octanol–water partition coefficient (Wildman–Crippen LogP) is 2.67. The van der Waals surface area contributed by atoms with Gasteiger partial charge in [-0.3, -0.25) is 4.79 Å². The summed E-state index contributed by atoms with van der Waals surface area (Å²) in [5, 5.41) is 16.7. The van der Waals surface area contributed by atoms with Crippen LogP contribution in [0.3, 0.4) is 0 Å². The summed E-state index contributed by atoms with van der Waals surface area (Å²) < 4.78 is 0. The van der Waals surface area contributed by atoms with E-state index in [0.29, 0.717) is 0 Å². The van der Waals surface area contributed by atoms with Crippen molar-refractivity contribution in [3.8, 4) is 0 Å². The van der Waals surface area contributed by atoms with Crippen LogP contribution in [0.5, 0.6) is 0 Å². The van der Waals surface area contributed by atoms with E-state index in [9.17, 15) is 9.90 Å². The fourth-order valence-electron chi connectivity index (χ4n) is 1.32. The molecule has 0 spiro atoms. The minimum Gasteiger partial charge on any atom is -0.384 e. The van der Waals surface area contributed by atoms with Gasteiger partial charge < -0.3 is 10.4 Å². The van der Waals surface area contributed by atoms with E-state index in [1.165, 1.54) is 17.4 Å². The first-order valence-corrected chi connectivity index (χ1v) is 6.87. The average molecular weight is 267 g/mol. The molecule has 1 rings (SSSR count). The van der Waals surface area contributed by atoms with Gasteiger partial charge in [0.05, 0.1) is 6.54 Å². The van der Waals surface area contributed by atoms with Crippen LogP contribution in [-0.4, -0.2) is 17.6 Å². The number of allylic oxidation sites excluding steroid dienone is 1. The first kappa shape index (κ1) is 14.9. The van der Waals surface area contributed by atoms with Crippen LogP contribution in [-0.2, 0) is 10.4 Å². The summed E-state index contributed by atoms with van der Waals surface area (Å²) in [6.07, 6.45) is 3.37. The van der Waals surface area contributed by atoms with Crippen LogP contribution < -0.4 is 5.32 Å². The van der Waals surface area contributed by atoms with Gasteiger partial charge >= 0.3 is 0 Å². The van der Waals surface area contributed by atoms with Crippen molar-refractivity contribution in [3.05, 3.63) is 34.5 Å². The molecule has 0 aliphatic heterocycles. The van der Waals surface area contributed by atoms with Crippen LogP contribution in [0.1, 0.15) is 33.3 Å². The number of amides is 1. The first-order chi connectivity index (χ1) is 8.21. The minimum atomic E-state index is -1.02. The number of hydrogen-bond donors (Lipinski definition) is 2. The highest BCUT2D eigenvalue weighted by molar-refractivity contribution is 7.08. The molecule has 100 valence electrons. The number of thiophene rings is 1. The fraction of sp³-hybridized carbons (Fsp3) is 0.500. The smallest absolute Gasteiger partial charge is 0.243 e. The number of carbonyl (C=O) groups is 1. The summed E-state index contributed by atoms with van der Waals surface area (Å²) >= 11 is 1.53. The van der Waals surface area contributed by atoms with E-state index in [1.54, 1.807) is 6.92 Å². The molecule has 1 aromatic heterocycles. The number of nitrogens with one attached hydrogen (secondary N) is 1. The Labute approximate surface area is 113 Å². The van der Waals surface area contributed by atoms with Crippen molar-refractivity contribution in [2.45, 2.75) is 33.3 Å². The largest absolute Gasteiger partial charge is 0.384 e. The van der Waals surface area contributed by atoms with Crippen LogP contribution >= 0.6 is 11.3 Å². The van der Waals surface area contributed by atoms with Crippen molar-refractivity contribution in [3.63, 3.8) is 0 Å². The van der Waals surface area contributed by atoms with Crippen molar-refractivity contribution in [1.82, 2.24) is 5.32 Å². The Kier molecular flexibility index (Phi) is 4.71. The lowest BCUT2D eigenvalue weighted by Crippen LogP contribution is -2.37. The predicted molar refractivity (Wildman–Crippen MR) is 75.5 cm³/mol. The van der Waals surface area contributed by atoms with Gasteiger partial charge in [0.25, 0.3) is 0 Å². The van der Waals surface area contributed by atoms with Gasteiger partial charge in [0.15, 0.2) is 0 Å². The Balaban J connectivity index is 2.51. The summed E-state index contributed by atoms with van der Waals surface area (Å²) in [5.74, 6) is -0.180. The molecule has 1 amide bonds. The minimum absolute atomic E-state index is 0.0206. The third-order valence-corrected chi connectivity index (χ3v) is 3.17. The molecule has 2 N–H and O–H groups in total. The molecule has 18 heavy (non-hydrogen) atoms. The summed E-state index contributed by atoms with van der Waals surface area (Å²) in [5.41, 5.74) is -0.217. The van der Waals surface area contributed by atoms with Gasteiger partial charge in [-0.05, 0) is 40.8 Å². The Morgan fingerprint density at radius 1 is 1.44 bits per heavy atom. The molecule has 0 fully saturated rings. The number of rotatable bonds is 4. The molecular weight excluding hydrogens is 246 g/mol. The Hall–Kier alpha value is -1.13. The lowest BCUT2D eigenvalue weighted by Gasteiger charge is -2.22. The summed E-state index contributed by atoms with van der Waals surface area (Å²) in [6.45, 7) is 7.98. The highest BCUT2D eigenvalue weighted by Gasteiger charge is 2.23. The molecule has 0 saturated heterocycles. The molecule has 0 radical (unpaired) electrons. The maximum Gasteiger partial charge on any atom is 0.243 e. The second-order valence-corrected chi connectivity index (χ2v) is 6.48. The molecule has 1 unspecified atom stereocenters. The van der Waals surface area contributed by atoms with Crippen LogP contribution in [0, 0.1) is 5.41 Å². The zero-order valence-electron chi connectivity index (χ0n) is 11.4. The van der Waals surface area contributed by atoms with Crippen molar-refractivity contribution >= 4 is 17.2 Å². The normalized spacial score (nSPS) is 15.6. The van der Waals surface area contributed by atoms with Gasteiger partial charge in [-0.2, -0.15) is 11.3 Å². The Morgan fingerprint density at radius 3 is 2.61 bits per heavy atom. The van der Waals surface area contributed by atoms with E-state index in [-0.39, 0.29) is 17.9 Å². The quantitative estimate of drug-likeness (QED) is 0.824. The Morgan fingerprint density at radius 2 is 2.11 bits per heavy atom. The van der Waals surface area contributed by atoms with E-state index in [4.69, 9.17) is 0 Å². The van der Waals surface area contributed by atoms with Crippen molar-refractivity contribution in [2.75, 3.05) is 6.54 Å². The molecule has 0 bridgehead atoms. The van der Waals surface area contributed by atoms with Crippen molar-refractivity contribution < 1.29 is 9.90 Å². The standard InChI is InChI=1S/C14H21NO2S/c1-13(2,3)7-5-12(16)15-10-14(4,17)11-6-8-18-9-11/h5-9,17H,10H2,1-4H3,(H,15,16). The van der Waals surface area contributed by atoms with Gasteiger partial charge in [0.2, 0.25) is 5.91 Å². The second kappa shape index (κ2) is 5.67. The van der Waals surface area contributed by atoms with Crippen LogP contribution in [0.2, 0.25) is 0 Å². The van der Waals surface area contributed by atoms with Gasteiger partial charge in [0.1, 0.15) is 5.60 Å². The van der Waals surface area contributed by atoms with Crippen LogP contribution in [0.15, 0.2) is 29.0 Å². The molecule has 0 saturated carbocycles. The van der Waals surface area contributed by atoms with Gasteiger partial charge in [0, 0.05) is 0 Å². The highest BCUT2D eigenvalue weighted by atomic mass is 32.1. The SMILES string of the molecule is CC(C)(C)C=CC(=O)NCC(C)(O)c1ccsc1. The molecule has 1 aromatic rings. The maximum absolute atomic E-state index is 11.6. The van der Waals surface area contributed by atoms with E-state index >= 15 is 0 Å². The average Bonchev–Trinajstić information content (AvgIpc) is 2.76. The third kappa shape index (κ3) is 5.02. The van der Waals surface area contributed by atoms with Crippen molar-refractivity contribution in [1.29, 1.82) is 0 Å². The van der Waals surface area contributed by atoms with Crippen molar-refractivity contribution in [2.24, 2.45) is 5.41 Å². The molecule has 1 atom stereocenters. The molecule has 1 heterocycles. The van der Waals surface area contributed by atoms with Gasteiger partial charge in [-0.15, -0.1) is 0 Å². The Bertz CT molecular complexity index is 414. The summed E-state index contributed by atoms with van der Waals surface area (Å²) in [7, 11) is 0. The maximum atomic E-state index is 11.6. The first-order valence-electron chi connectivity index (χ1n) is 5.93. The zero-order chi connectivity index (χ0) is 13.8. The molecule has 0 aliphatic carbocycles. The van der Waals surface area contributed by atoms with E-state index < -0.39 is 5.60 Å². The van der Waals surface area contributed by atoms with Gasteiger partial charge in [-0.25, -0.2) is 0 Å². The third-order valence-electron chi connectivity index (χ3n) is 2.48. The molecule has 0 aliphatic rings. The molecule has 0 aromatic carbocycles. The fourth-order valence-corrected chi connectivity index (χ4v) is 2.10. The number of carbonyl (C=O) groups excluding carboxylic acids is 1. The van der Waals surface area contributed by atoms with E-state index in [2.05, 4.69) is 5.32 Å². The topological polar surface area (TPSA) is 49.3 Å². The molecular formula is C14H21NO2S. The second-order valence-electron chi connectivity index (χ2n) is 5.70. The number of aliphatic hydroxyl groups is 1. The van der Waals surface area contributed by atoms with Crippen LogP contribution in [0.4, 0.5) is 0 Å². The highest BCUT2D eigenvalue weighted by Crippen LogP contribution is 2.22. The summed E-state index contributed by atoms with van der Waals surface area (Å²) in [4.78, 5) is 11.6. The van der Waals surface area contributed by atoms with Gasteiger partial charge in [-0.1, -0.05) is 26.8 Å². The van der Waals surface area contributed by atoms with Crippen LogP contribution in [0.25, 0.3) is 0 Å². The molecule has 3 nitrogen and oxygen atoms in total. The lowest BCUT2D eigenvalue weighted by atomic mass is 9.96. The van der Waals surface area contributed by atoms with E-state index in [0.717, 1.165) is 5.56 Å². The molecule has 4 heteroatoms. The lowest BCUT2D eigenvalue weighted by molar-refractivity contribution is -0.117. The zero-order valence-corrected chi connectivity index (χ0v) is 12.2.